The number of nitrogens with zero attached hydrogens (tertiary/aromatic N) is 4. The van der Waals surface area contributed by atoms with Crippen molar-refractivity contribution in [2.24, 2.45) is 0 Å². The highest BCUT2D eigenvalue weighted by atomic mass is 16.5. The third kappa shape index (κ3) is 3.97. The van der Waals surface area contributed by atoms with Crippen LogP contribution in [0.3, 0.4) is 0 Å². The van der Waals surface area contributed by atoms with E-state index in [4.69, 9.17) is 4.52 Å². The molecule has 0 aliphatic carbocycles. The van der Waals surface area contributed by atoms with E-state index in [0.717, 1.165) is 10.9 Å². The Balaban J connectivity index is 1.25. The first-order valence-electron chi connectivity index (χ1n) is 10.2. The number of nitrogens with one attached hydrogen (secondary N) is 1. The average molecular weight is 415 g/mol. The molecule has 3 heterocycles. The van der Waals surface area contributed by atoms with Gasteiger partial charge in [0.05, 0.1) is 12.1 Å². The number of aromatic nitrogens is 3. The second-order valence-corrected chi connectivity index (χ2v) is 7.54. The highest BCUT2D eigenvalue weighted by Crippen LogP contribution is 2.19. The topological polar surface area (TPSA) is 95.3 Å². The van der Waals surface area contributed by atoms with Gasteiger partial charge < -0.3 is 14.4 Å². The second-order valence-electron chi connectivity index (χ2n) is 7.54. The Bertz CT molecular complexity index is 1270. The molecule has 8 heteroatoms. The van der Waals surface area contributed by atoms with Crippen molar-refractivity contribution >= 4 is 16.8 Å². The first kappa shape index (κ1) is 19.2. The Morgan fingerprint density at radius 2 is 1.74 bits per heavy atom. The Kier molecular flexibility index (Phi) is 5.05. The number of hydrogen-bond acceptors (Lipinski definition) is 6. The first-order valence-corrected chi connectivity index (χ1v) is 10.2. The Hall–Kier alpha value is -3.78. The molecule has 1 aliphatic heterocycles. The number of benzene rings is 2. The van der Waals surface area contributed by atoms with Gasteiger partial charge >= 0.3 is 0 Å². The molecule has 1 saturated heterocycles. The molecular formula is C23H21N5O3. The molecule has 0 bridgehead atoms. The van der Waals surface area contributed by atoms with Crippen LogP contribution in [0.15, 0.2) is 70.0 Å². The van der Waals surface area contributed by atoms with Crippen LogP contribution in [-0.4, -0.2) is 57.0 Å². The lowest BCUT2D eigenvalue weighted by Crippen LogP contribution is -2.48. The van der Waals surface area contributed by atoms with Crippen LogP contribution in [0.2, 0.25) is 0 Å². The van der Waals surface area contributed by atoms with Crippen molar-refractivity contribution in [3.63, 3.8) is 0 Å². The number of carbonyl (C=O) groups excluding carboxylic acids is 1. The number of piperazine rings is 1. The van der Waals surface area contributed by atoms with Gasteiger partial charge in [0.2, 0.25) is 17.3 Å². The zero-order valence-corrected chi connectivity index (χ0v) is 16.8. The Morgan fingerprint density at radius 1 is 1.00 bits per heavy atom. The van der Waals surface area contributed by atoms with E-state index in [1.54, 1.807) is 11.0 Å². The predicted octanol–water partition coefficient (Wildman–Crippen LogP) is 2.54. The van der Waals surface area contributed by atoms with Crippen LogP contribution >= 0.6 is 0 Å². The molecule has 1 N–H and O–H groups in total. The zero-order chi connectivity index (χ0) is 21.2. The van der Waals surface area contributed by atoms with Crippen LogP contribution in [0.1, 0.15) is 16.2 Å². The molecule has 4 aromatic rings. The number of carbonyl (C=O) groups is 1. The minimum absolute atomic E-state index is 0.119. The first-order chi connectivity index (χ1) is 15.2. The van der Waals surface area contributed by atoms with E-state index in [1.165, 1.54) is 6.07 Å². The van der Waals surface area contributed by atoms with Gasteiger partial charge in [-0.05, 0) is 6.07 Å². The molecule has 5 rings (SSSR count). The summed E-state index contributed by atoms with van der Waals surface area (Å²) in [4.78, 5) is 36.3. The fourth-order valence-electron chi connectivity index (χ4n) is 3.88. The summed E-state index contributed by atoms with van der Waals surface area (Å²) in [5, 5.41) is 4.82. The molecule has 0 radical (unpaired) electrons. The van der Waals surface area contributed by atoms with E-state index in [2.05, 4.69) is 20.0 Å². The van der Waals surface area contributed by atoms with Crippen molar-refractivity contribution in [1.82, 2.24) is 24.9 Å². The maximum Gasteiger partial charge on any atom is 0.254 e. The number of para-hydroxylation sites is 1. The van der Waals surface area contributed by atoms with Gasteiger partial charge in [0.25, 0.3) is 5.91 Å². The van der Waals surface area contributed by atoms with Gasteiger partial charge in [0.1, 0.15) is 0 Å². The van der Waals surface area contributed by atoms with E-state index in [0.29, 0.717) is 55.5 Å². The molecule has 31 heavy (non-hydrogen) atoms. The normalized spacial score (nSPS) is 14.8. The van der Waals surface area contributed by atoms with E-state index in [9.17, 15) is 9.59 Å². The molecule has 1 fully saturated rings. The van der Waals surface area contributed by atoms with Crippen molar-refractivity contribution in [2.45, 2.75) is 6.54 Å². The quantitative estimate of drug-likeness (QED) is 0.550. The van der Waals surface area contributed by atoms with Gasteiger partial charge in [0.15, 0.2) is 0 Å². The third-order valence-electron chi connectivity index (χ3n) is 5.50. The molecule has 0 unspecified atom stereocenters. The minimum atomic E-state index is -0.272. The predicted molar refractivity (Wildman–Crippen MR) is 115 cm³/mol. The van der Waals surface area contributed by atoms with Crippen LogP contribution < -0.4 is 5.56 Å². The maximum absolute atomic E-state index is 13.1. The van der Waals surface area contributed by atoms with Crippen molar-refractivity contribution in [1.29, 1.82) is 0 Å². The second kappa shape index (κ2) is 8.16. The summed E-state index contributed by atoms with van der Waals surface area (Å²) in [6.45, 7) is 3.06. The standard InChI is InChI=1S/C23H21N5O3/c29-20-14-18(17-8-4-5-9-19(17)24-20)23(30)28-12-10-27(11-13-28)15-21-25-22(26-31-21)16-6-2-1-3-7-16/h1-9,14H,10-13,15H2,(H,24,29). The average Bonchev–Trinajstić information content (AvgIpc) is 3.27. The van der Waals surface area contributed by atoms with Gasteiger partial charge in [-0.2, -0.15) is 4.98 Å². The van der Waals surface area contributed by atoms with Crippen molar-refractivity contribution in [3.05, 3.63) is 82.5 Å². The number of aromatic amines is 1. The number of H-pyrrole nitrogens is 1. The highest BCUT2D eigenvalue weighted by Gasteiger charge is 2.25. The van der Waals surface area contributed by atoms with Crippen molar-refractivity contribution < 1.29 is 9.32 Å². The number of pyridine rings is 1. The fourth-order valence-corrected chi connectivity index (χ4v) is 3.88. The van der Waals surface area contributed by atoms with Gasteiger partial charge in [-0.1, -0.05) is 53.7 Å². The largest absolute Gasteiger partial charge is 0.338 e. The number of fused-ring (bicyclic) bond motifs is 1. The van der Waals surface area contributed by atoms with Crippen LogP contribution in [0.4, 0.5) is 0 Å². The molecule has 156 valence electrons. The van der Waals surface area contributed by atoms with Gasteiger partial charge in [-0.15, -0.1) is 0 Å². The molecule has 2 aromatic heterocycles. The minimum Gasteiger partial charge on any atom is -0.338 e. The lowest BCUT2D eigenvalue weighted by molar-refractivity contribution is 0.0617. The summed E-state index contributed by atoms with van der Waals surface area (Å²) in [6.07, 6.45) is 0. The van der Waals surface area contributed by atoms with E-state index < -0.39 is 0 Å². The molecule has 1 amide bonds. The van der Waals surface area contributed by atoms with Crippen LogP contribution in [0.25, 0.3) is 22.3 Å². The van der Waals surface area contributed by atoms with Gasteiger partial charge in [0, 0.05) is 48.7 Å². The number of amides is 1. The monoisotopic (exact) mass is 415 g/mol. The highest BCUT2D eigenvalue weighted by molar-refractivity contribution is 6.05. The van der Waals surface area contributed by atoms with E-state index in [1.807, 2.05) is 48.5 Å². The lowest BCUT2D eigenvalue weighted by Gasteiger charge is -2.34. The van der Waals surface area contributed by atoms with Crippen LogP contribution in [-0.2, 0) is 6.54 Å². The summed E-state index contributed by atoms with van der Waals surface area (Å²) >= 11 is 0. The molecule has 2 aromatic carbocycles. The zero-order valence-electron chi connectivity index (χ0n) is 16.8. The van der Waals surface area contributed by atoms with Crippen molar-refractivity contribution in [3.8, 4) is 11.4 Å². The molecule has 0 saturated carbocycles. The van der Waals surface area contributed by atoms with E-state index >= 15 is 0 Å². The molecule has 8 nitrogen and oxygen atoms in total. The summed E-state index contributed by atoms with van der Waals surface area (Å²) in [5.74, 6) is 1.01. The molecule has 0 spiro atoms. The smallest absolute Gasteiger partial charge is 0.254 e. The SMILES string of the molecule is O=C(c1cc(=O)[nH]c2ccccc12)N1CCN(Cc2nc(-c3ccccc3)no2)CC1. The summed E-state index contributed by atoms with van der Waals surface area (Å²) < 4.78 is 5.41. The molecular weight excluding hydrogens is 394 g/mol. The fraction of sp³-hybridized carbons (Fsp3) is 0.217. The molecule has 1 aliphatic rings. The summed E-state index contributed by atoms with van der Waals surface area (Å²) in [7, 11) is 0. The third-order valence-corrected chi connectivity index (χ3v) is 5.50. The number of rotatable bonds is 4. The van der Waals surface area contributed by atoms with Gasteiger partial charge in [-0.3, -0.25) is 14.5 Å². The van der Waals surface area contributed by atoms with Crippen LogP contribution in [0, 0.1) is 0 Å². The van der Waals surface area contributed by atoms with Crippen LogP contribution in [0.5, 0.6) is 0 Å². The number of hydrogen-bond donors (Lipinski definition) is 1. The van der Waals surface area contributed by atoms with Crippen molar-refractivity contribution in [2.75, 3.05) is 26.2 Å². The van der Waals surface area contributed by atoms with E-state index in [-0.39, 0.29) is 11.5 Å². The molecule has 0 atom stereocenters. The van der Waals surface area contributed by atoms with Gasteiger partial charge in [-0.25, -0.2) is 0 Å². The Morgan fingerprint density at radius 3 is 2.55 bits per heavy atom. The summed E-state index contributed by atoms with van der Waals surface area (Å²) in [6, 6.07) is 18.5. The lowest BCUT2D eigenvalue weighted by atomic mass is 10.1. The Labute approximate surface area is 178 Å². The summed E-state index contributed by atoms with van der Waals surface area (Å²) in [5.41, 5.74) is 1.75. The maximum atomic E-state index is 13.1.